The highest BCUT2D eigenvalue weighted by molar-refractivity contribution is 7.09. The van der Waals surface area contributed by atoms with Crippen LogP contribution in [0.15, 0.2) is 0 Å². The summed E-state index contributed by atoms with van der Waals surface area (Å²) < 4.78 is 4.14. The highest BCUT2D eigenvalue weighted by atomic mass is 32.1. The lowest BCUT2D eigenvalue weighted by atomic mass is 10.4. The summed E-state index contributed by atoms with van der Waals surface area (Å²) in [6.07, 6.45) is 2.95. The van der Waals surface area contributed by atoms with Crippen LogP contribution < -0.4 is 10.9 Å². The molecule has 1 fully saturated rings. The van der Waals surface area contributed by atoms with Crippen LogP contribution in [0.5, 0.6) is 0 Å². The molecule has 1 aliphatic carbocycles. The van der Waals surface area contributed by atoms with Gasteiger partial charge in [0, 0.05) is 17.5 Å². The summed E-state index contributed by atoms with van der Waals surface area (Å²) in [7, 11) is 0. The van der Waals surface area contributed by atoms with Crippen LogP contribution in [-0.2, 0) is 4.79 Å². The van der Waals surface area contributed by atoms with Crippen LogP contribution in [0.4, 0.5) is 5.13 Å². The predicted octanol–water partition coefficient (Wildman–Crippen LogP) is 0.488. The van der Waals surface area contributed by atoms with Gasteiger partial charge in [-0.3, -0.25) is 15.6 Å². The zero-order valence-corrected chi connectivity index (χ0v) is 7.10. The van der Waals surface area contributed by atoms with Crippen molar-refractivity contribution < 1.29 is 4.79 Å². The minimum Gasteiger partial charge on any atom is -0.277 e. The molecule has 0 atom stereocenters. The third-order valence-electron chi connectivity index (χ3n) is 1.62. The fourth-order valence-electron chi connectivity index (χ4n) is 0.884. The third-order valence-corrected chi connectivity index (χ3v) is 2.27. The fraction of sp³-hybridized carbons (Fsp3) is 0.500. The molecule has 5 nitrogen and oxygen atoms in total. The number of nitrogens with zero attached hydrogens (tertiary/aromatic N) is 2. The molecule has 1 aromatic heterocycles. The minimum absolute atomic E-state index is 0.563. The van der Waals surface area contributed by atoms with Gasteiger partial charge in [-0.15, -0.1) is 0 Å². The minimum atomic E-state index is 0.563. The summed E-state index contributed by atoms with van der Waals surface area (Å²) in [6.45, 7) is 0. The number of nitrogens with one attached hydrogen (secondary N) is 2. The number of carbonyl (C=O) groups excluding carboxylic acids is 1. The second-order valence-electron chi connectivity index (χ2n) is 2.62. The van der Waals surface area contributed by atoms with Crippen LogP contribution >= 0.6 is 11.5 Å². The maximum Gasteiger partial charge on any atom is 0.225 e. The van der Waals surface area contributed by atoms with Crippen molar-refractivity contribution in [3.8, 4) is 0 Å². The number of carbonyl (C=O) groups is 1. The second-order valence-corrected chi connectivity index (χ2v) is 3.37. The topological polar surface area (TPSA) is 66.9 Å². The Morgan fingerprint density at radius 1 is 1.58 bits per heavy atom. The van der Waals surface area contributed by atoms with E-state index in [1.54, 1.807) is 0 Å². The number of rotatable bonds is 4. The van der Waals surface area contributed by atoms with E-state index < -0.39 is 0 Å². The zero-order chi connectivity index (χ0) is 8.39. The summed E-state index contributed by atoms with van der Waals surface area (Å²) in [5, 5.41) is 0.643. The molecule has 0 radical (unpaired) electrons. The lowest BCUT2D eigenvalue weighted by Gasteiger charge is -1.94. The van der Waals surface area contributed by atoms with Gasteiger partial charge in [0.1, 0.15) is 5.82 Å². The molecule has 0 spiro atoms. The Morgan fingerprint density at radius 2 is 2.42 bits per heavy atom. The largest absolute Gasteiger partial charge is 0.277 e. The Bertz CT molecular complexity index is 283. The predicted molar refractivity (Wildman–Crippen MR) is 44.7 cm³/mol. The van der Waals surface area contributed by atoms with Crippen molar-refractivity contribution in [2.45, 2.75) is 18.8 Å². The average Bonchev–Trinajstić information content (AvgIpc) is 2.83. The summed E-state index contributed by atoms with van der Waals surface area (Å²) in [5.41, 5.74) is 4.94. The summed E-state index contributed by atoms with van der Waals surface area (Å²) in [5.74, 6) is 1.46. The molecule has 0 saturated heterocycles. The first-order valence-electron chi connectivity index (χ1n) is 3.69. The molecule has 1 aromatic rings. The third kappa shape index (κ3) is 1.53. The molecule has 1 aliphatic rings. The van der Waals surface area contributed by atoms with Gasteiger partial charge in [0.05, 0.1) is 0 Å². The number of amides is 1. The first kappa shape index (κ1) is 7.48. The monoisotopic (exact) mass is 184 g/mol. The number of aromatic nitrogens is 2. The van der Waals surface area contributed by atoms with Gasteiger partial charge in [-0.25, -0.2) is 4.98 Å². The first-order chi connectivity index (χ1) is 5.90. The summed E-state index contributed by atoms with van der Waals surface area (Å²) in [6, 6.07) is 0. The van der Waals surface area contributed by atoms with Gasteiger partial charge in [0.25, 0.3) is 0 Å². The highest BCUT2D eigenvalue weighted by Gasteiger charge is 2.27. The Balaban J connectivity index is 1.98. The van der Waals surface area contributed by atoms with Gasteiger partial charge in [0.2, 0.25) is 11.5 Å². The number of hydrogen-bond acceptors (Lipinski definition) is 5. The molecular formula is C6H8N4OS. The van der Waals surface area contributed by atoms with Gasteiger partial charge in [-0.05, 0) is 12.8 Å². The molecule has 1 amide bonds. The standard InChI is InChI=1S/C6H8N4OS/c11-3-7-9-6-8-5(10-12-6)4-1-2-4/h3-4H,1-2H2,(H,7,11)(H,8,9,10). The Kier molecular flexibility index (Phi) is 1.91. The van der Waals surface area contributed by atoms with Crippen LogP contribution in [0.2, 0.25) is 0 Å². The van der Waals surface area contributed by atoms with Gasteiger partial charge in [-0.2, -0.15) is 4.37 Å². The lowest BCUT2D eigenvalue weighted by Crippen LogP contribution is -2.18. The van der Waals surface area contributed by atoms with Gasteiger partial charge in [0.15, 0.2) is 0 Å². The number of hydrogen-bond donors (Lipinski definition) is 2. The van der Waals surface area contributed by atoms with Gasteiger partial charge >= 0.3 is 0 Å². The molecule has 12 heavy (non-hydrogen) atoms. The number of hydrazine groups is 1. The van der Waals surface area contributed by atoms with E-state index in [0.29, 0.717) is 17.5 Å². The molecular weight excluding hydrogens is 176 g/mol. The maximum absolute atomic E-state index is 9.91. The van der Waals surface area contributed by atoms with Gasteiger partial charge < -0.3 is 0 Å². The quantitative estimate of drug-likeness (QED) is 0.528. The van der Waals surface area contributed by atoms with E-state index in [-0.39, 0.29) is 0 Å². The van der Waals surface area contributed by atoms with Crippen LogP contribution in [-0.4, -0.2) is 15.8 Å². The second kappa shape index (κ2) is 3.06. The maximum atomic E-state index is 9.91. The van der Waals surface area contributed by atoms with Crippen molar-refractivity contribution in [1.82, 2.24) is 14.8 Å². The molecule has 6 heteroatoms. The van der Waals surface area contributed by atoms with E-state index in [1.807, 2.05) is 0 Å². The SMILES string of the molecule is O=CNNc1nc(C2CC2)ns1. The Morgan fingerprint density at radius 3 is 3.08 bits per heavy atom. The molecule has 1 saturated carbocycles. The molecule has 0 unspecified atom stereocenters. The molecule has 0 aliphatic heterocycles. The van der Waals surface area contributed by atoms with Crippen molar-refractivity contribution in [3.05, 3.63) is 5.82 Å². The summed E-state index contributed by atoms with van der Waals surface area (Å²) >= 11 is 1.26. The van der Waals surface area contributed by atoms with E-state index >= 15 is 0 Å². The van der Waals surface area contributed by atoms with Crippen molar-refractivity contribution >= 4 is 23.1 Å². The highest BCUT2D eigenvalue weighted by Crippen LogP contribution is 2.39. The van der Waals surface area contributed by atoms with E-state index in [1.165, 1.54) is 24.4 Å². The van der Waals surface area contributed by atoms with Crippen molar-refractivity contribution in [1.29, 1.82) is 0 Å². The number of anilines is 1. The molecule has 64 valence electrons. The molecule has 2 rings (SSSR count). The average molecular weight is 184 g/mol. The fourth-order valence-corrected chi connectivity index (χ4v) is 1.49. The van der Waals surface area contributed by atoms with E-state index in [4.69, 9.17) is 0 Å². The Hall–Kier alpha value is -1.17. The van der Waals surface area contributed by atoms with E-state index in [9.17, 15) is 4.79 Å². The van der Waals surface area contributed by atoms with Crippen molar-refractivity contribution in [3.63, 3.8) is 0 Å². The van der Waals surface area contributed by atoms with Crippen LogP contribution in [0.3, 0.4) is 0 Å². The molecule has 1 heterocycles. The van der Waals surface area contributed by atoms with E-state index in [0.717, 1.165) is 5.82 Å². The molecule has 0 bridgehead atoms. The zero-order valence-electron chi connectivity index (χ0n) is 6.28. The van der Waals surface area contributed by atoms with Crippen LogP contribution in [0.1, 0.15) is 24.6 Å². The molecule has 0 aromatic carbocycles. The lowest BCUT2D eigenvalue weighted by molar-refractivity contribution is -0.109. The summed E-state index contributed by atoms with van der Waals surface area (Å²) in [4.78, 5) is 14.1. The van der Waals surface area contributed by atoms with Crippen molar-refractivity contribution in [2.24, 2.45) is 0 Å². The van der Waals surface area contributed by atoms with Crippen LogP contribution in [0, 0.1) is 0 Å². The first-order valence-corrected chi connectivity index (χ1v) is 4.46. The van der Waals surface area contributed by atoms with E-state index in [2.05, 4.69) is 20.2 Å². The smallest absolute Gasteiger partial charge is 0.225 e. The Labute approximate surface area is 73.3 Å². The van der Waals surface area contributed by atoms with Crippen LogP contribution in [0.25, 0.3) is 0 Å². The normalized spacial score (nSPS) is 15.7. The van der Waals surface area contributed by atoms with Gasteiger partial charge in [-0.1, -0.05) is 0 Å². The van der Waals surface area contributed by atoms with Crippen molar-refractivity contribution in [2.75, 3.05) is 5.43 Å². The molecule has 2 N–H and O–H groups in total.